The second-order valence-electron chi connectivity index (χ2n) is 3.44. The Morgan fingerprint density at radius 2 is 2.50 bits per heavy atom. The van der Waals surface area contributed by atoms with Gasteiger partial charge in [0.25, 0.3) is 0 Å². The number of amides is 1. The molecule has 0 bridgehead atoms. The summed E-state index contributed by atoms with van der Waals surface area (Å²) in [5.74, 6) is 0.867. The highest BCUT2D eigenvalue weighted by Crippen LogP contribution is 2.19. The standard InChI is InChI=1S/C10H13N3O/c14-10(8-4-2-1-3-5-8)12-9-6-7-11-13-9/h1-2,6-8H,3-5H2,(H2,11,12,13,14). The number of aromatic nitrogens is 2. The van der Waals surface area contributed by atoms with Gasteiger partial charge in [0, 0.05) is 12.0 Å². The van der Waals surface area contributed by atoms with Crippen molar-refractivity contribution in [1.29, 1.82) is 0 Å². The average Bonchev–Trinajstić information content (AvgIpc) is 2.72. The van der Waals surface area contributed by atoms with Crippen molar-refractivity contribution in [2.24, 2.45) is 5.92 Å². The van der Waals surface area contributed by atoms with Gasteiger partial charge in [-0.25, -0.2) is 0 Å². The molecule has 74 valence electrons. The Bertz CT molecular complexity index is 329. The third-order valence-electron chi connectivity index (χ3n) is 2.40. The fourth-order valence-electron chi connectivity index (χ4n) is 1.59. The zero-order chi connectivity index (χ0) is 9.80. The predicted molar refractivity (Wildman–Crippen MR) is 53.7 cm³/mol. The largest absolute Gasteiger partial charge is 0.311 e. The van der Waals surface area contributed by atoms with E-state index in [1.54, 1.807) is 12.3 Å². The maximum atomic E-state index is 11.7. The minimum atomic E-state index is 0.0820. The molecule has 0 fully saturated rings. The van der Waals surface area contributed by atoms with Gasteiger partial charge in [-0.15, -0.1) is 0 Å². The molecule has 1 aliphatic rings. The van der Waals surface area contributed by atoms with Gasteiger partial charge in [-0.1, -0.05) is 12.2 Å². The van der Waals surface area contributed by atoms with E-state index in [1.165, 1.54) is 0 Å². The van der Waals surface area contributed by atoms with E-state index in [0.717, 1.165) is 19.3 Å². The van der Waals surface area contributed by atoms with Crippen LogP contribution in [0.4, 0.5) is 5.82 Å². The maximum absolute atomic E-state index is 11.7. The van der Waals surface area contributed by atoms with Crippen molar-refractivity contribution in [3.8, 4) is 0 Å². The highest BCUT2D eigenvalue weighted by molar-refractivity contribution is 5.91. The number of carbonyl (C=O) groups is 1. The molecule has 4 heteroatoms. The molecule has 2 N–H and O–H groups in total. The number of hydrogen-bond donors (Lipinski definition) is 2. The van der Waals surface area contributed by atoms with Crippen LogP contribution in [0.2, 0.25) is 0 Å². The normalized spacial score (nSPS) is 20.7. The van der Waals surface area contributed by atoms with Crippen LogP contribution >= 0.6 is 0 Å². The molecule has 0 aliphatic heterocycles. The lowest BCUT2D eigenvalue weighted by Gasteiger charge is -2.16. The first-order valence-corrected chi connectivity index (χ1v) is 4.81. The van der Waals surface area contributed by atoms with Crippen LogP contribution in [-0.4, -0.2) is 16.1 Å². The number of anilines is 1. The number of aromatic amines is 1. The second-order valence-corrected chi connectivity index (χ2v) is 3.44. The molecule has 0 saturated heterocycles. The fourth-order valence-corrected chi connectivity index (χ4v) is 1.59. The Hall–Kier alpha value is -1.58. The summed E-state index contributed by atoms with van der Waals surface area (Å²) < 4.78 is 0. The summed E-state index contributed by atoms with van der Waals surface area (Å²) in [5.41, 5.74) is 0. The zero-order valence-corrected chi connectivity index (χ0v) is 7.86. The molecule has 0 saturated carbocycles. The molecule has 2 rings (SSSR count). The number of hydrogen-bond acceptors (Lipinski definition) is 2. The minimum Gasteiger partial charge on any atom is -0.311 e. The van der Waals surface area contributed by atoms with E-state index in [-0.39, 0.29) is 11.8 Å². The van der Waals surface area contributed by atoms with Crippen LogP contribution in [-0.2, 0) is 4.79 Å². The summed E-state index contributed by atoms with van der Waals surface area (Å²) in [6.45, 7) is 0. The van der Waals surface area contributed by atoms with E-state index in [4.69, 9.17) is 0 Å². The van der Waals surface area contributed by atoms with Crippen molar-refractivity contribution in [3.63, 3.8) is 0 Å². The number of nitrogens with one attached hydrogen (secondary N) is 2. The molecule has 0 aromatic carbocycles. The zero-order valence-electron chi connectivity index (χ0n) is 7.86. The molecule has 4 nitrogen and oxygen atoms in total. The molecular weight excluding hydrogens is 178 g/mol. The fraction of sp³-hybridized carbons (Fsp3) is 0.400. The first kappa shape index (κ1) is 8.99. The minimum absolute atomic E-state index is 0.0820. The van der Waals surface area contributed by atoms with Crippen LogP contribution < -0.4 is 5.32 Å². The van der Waals surface area contributed by atoms with Gasteiger partial charge in [0.2, 0.25) is 5.91 Å². The van der Waals surface area contributed by atoms with Crippen LogP contribution in [0.3, 0.4) is 0 Å². The van der Waals surface area contributed by atoms with Gasteiger partial charge in [-0.3, -0.25) is 9.89 Å². The molecule has 0 radical (unpaired) electrons. The Kier molecular flexibility index (Phi) is 2.62. The molecule has 1 aromatic heterocycles. The lowest BCUT2D eigenvalue weighted by Crippen LogP contribution is -2.23. The topological polar surface area (TPSA) is 57.8 Å². The van der Waals surface area contributed by atoms with E-state index < -0.39 is 0 Å². The molecule has 0 spiro atoms. The van der Waals surface area contributed by atoms with Gasteiger partial charge >= 0.3 is 0 Å². The van der Waals surface area contributed by atoms with Gasteiger partial charge in [0.05, 0.1) is 6.20 Å². The Labute approximate surface area is 82.4 Å². The van der Waals surface area contributed by atoms with Gasteiger partial charge in [0.15, 0.2) is 0 Å². The van der Waals surface area contributed by atoms with Crippen molar-refractivity contribution in [3.05, 3.63) is 24.4 Å². The Balaban J connectivity index is 1.92. The monoisotopic (exact) mass is 191 g/mol. The quantitative estimate of drug-likeness (QED) is 0.699. The van der Waals surface area contributed by atoms with E-state index >= 15 is 0 Å². The summed E-state index contributed by atoms with van der Waals surface area (Å²) in [7, 11) is 0. The van der Waals surface area contributed by atoms with Crippen LogP contribution in [0.1, 0.15) is 19.3 Å². The van der Waals surface area contributed by atoms with Crippen LogP contribution in [0.5, 0.6) is 0 Å². The number of rotatable bonds is 2. The van der Waals surface area contributed by atoms with Crippen molar-refractivity contribution in [1.82, 2.24) is 10.2 Å². The molecule has 1 aromatic rings. The van der Waals surface area contributed by atoms with Crippen molar-refractivity contribution < 1.29 is 4.79 Å². The lowest BCUT2D eigenvalue weighted by molar-refractivity contribution is -0.120. The van der Waals surface area contributed by atoms with Crippen molar-refractivity contribution in [2.75, 3.05) is 5.32 Å². The maximum Gasteiger partial charge on any atom is 0.228 e. The Morgan fingerprint density at radius 1 is 1.57 bits per heavy atom. The number of carbonyl (C=O) groups excluding carboxylic acids is 1. The number of H-pyrrole nitrogens is 1. The van der Waals surface area contributed by atoms with E-state index in [2.05, 4.69) is 27.7 Å². The summed E-state index contributed by atoms with van der Waals surface area (Å²) in [4.78, 5) is 11.7. The first-order valence-electron chi connectivity index (χ1n) is 4.81. The van der Waals surface area contributed by atoms with Crippen LogP contribution in [0.15, 0.2) is 24.4 Å². The van der Waals surface area contributed by atoms with E-state index in [0.29, 0.717) is 5.82 Å². The molecule has 1 amide bonds. The summed E-state index contributed by atoms with van der Waals surface area (Å²) >= 11 is 0. The van der Waals surface area contributed by atoms with Gasteiger partial charge in [-0.2, -0.15) is 5.10 Å². The lowest BCUT2D eigenvalue weighted by atomic mass is 9.94. The van der Waals surface area contributed by atoms with Crippen LogP contribution in [0.25, 0.3) is 0 Å². The highest BCUT2D eigenvalue weighted by Gasteiger charge is 2.18. The molecule has 1 atom stereocenters. The molecule has 14 heavy (non-hydrogen) atoms. The molecule has 1 unspecified atom stereocenters. The summed E-state index contributed by atoms with van der Waals surface area (Å²) in [5, 5.41) is 9.27. The smallest absolute Gasteiger partial charge is 0.228 e. The number of nitrogens with zero attached hydrogens (tertiary/aromatic N) is 1. The predicted octanol–water partition coefficient (Wildman–Crippen LogP) is 1.70. The summed E-state index contributed by atoms with van der Waals surface area (Å²) in [6.07, 6.45) is 8.61. The van der Waals surface area contributed by atoms with Crippen LogP contribution in [0, 0.1) is 5.92 Å². The average molecular weight is 191 g/mol. The van der Waals surface area contributed by atoms with Gasteiger partial charge in [0.1, 0.15) is 5.82 Å². The van der Waals surface area contributed by atoms with E-state index in [1.807, 2.05) is 0 Å². The molecular formula is C10H13N3O. The highest BCUT2D eigenvalue weighted by atomic mass is 16.1. The number of allylic oxidation sites excluding steroid dienone is 2. The third-order valence-corrected chi connectivity index (χ3v) is 2.40. The first-order chi connectivity index (χ1) is 6.86. The third kappa shape index (κ3) is 2.02. The van der Waals surface area contributed by atoms with Gasteiger partial charge in [-0.05, 0) is 19.3 Å². The van der Waals surface area contributed by atoms with Crippen molar-refractivity contribution >= 4 is 11.7 Å². The van der Waals surface area contributed by atoms with Gasteiger partial charge < -0.3 is 5.32 Å². The SMILES string of the molecule is O=C(Nc1ccn[nH]1)C1CC=CCC1. The Morgan fingerprint density at radius 3 is 3.14 bits per heavy atom. The second kappa shape index (κ2) is 4.09. The summed E-state index contributed by atoms with van der Waals surface area (Å²) in [6, 6.07) is 1.75. The van der Waals surface area contributed by atoms with Crippen molar-refractivity contribution in [2.45, 2.75) is 19.3 Å². The molecule has 1 heterocycles. The molecule has 1 aliphatic carbocycles. The van der Waals surface area contributed by atoms with E-state index in [9.17, 15) is 4.79 Å².